The average Bonchev–Trinajstić information content (AvgIpc) is 3.30. The van der Waals surface area contributed by atoms with Crippen LogP contribution >= 0.6 is 34.4 Å². The van der Waals surface area contributed by atoms with Crippen LogP contribution in [0.5, 0.6) is 0 Å². The van der Waals surface area contributed by atoms with E-state index in [2.05, 4.69) is 27.4 Å². The van der Waals surface area contributed by atoms with Crippen LogP contribution in [0.1, 0.15) is 47.5 Å². The van der Waals surface area contributed by atoms with Crippen molar-refractivity contribution in [1.29, 1.82) is 0 Å². The molecule has 1 aliphatic carbocycles. The lowest BCUT2D eigenvalue weighted by atomic mass is 9.95. The number of rotatable bonds is 9. The fraction of sp³-hybridized carbons (Fsp3) is 0.474. The molecule has 1 aliphatic rings. The van der Waals surface area contributed by atoms with Gasteiger partial charge in [-0.1, -0.05) is 29.2 Å². The highest BCUT2D eigenvalue weighted by atomic mass is 32.2. The number of amides is 1. The minimum Gasteiger partial charge on any atom is -0.462 e. The third kappa shape index (κ3) is 5.37. The molecule has 1 atom stereocenters. The van der Waals surface area contributed by atoms with E-state index in [1.165, 1.54) is 39.3 Å². The van der Waals surface area contributed by atoms with Crippen LogP contribution in [0.25, 0.3) is 0 Å². The molecule has 0 aliphatic heterocycles. The van der Waals surface area contributed by atoms with Gasteiger partial charge in [-0.05, 0) is 45.1 Å². The van der Waals surface area contributed by atoms with Crippen molar-refractivity contribution in [3.05, 3.63) is 28.7 Å². The number of anilines is 2. The predicted octanol–water partition coefficient (Wildman–Crippen LogP) is 4.37. The standard InChI is InChI=1S/C19H24N4O3S3/c1-4-10-20-18-22-23-19(29-18)27-11(3)15(24)21-16-14(17(25)26-5-2)12-8-6-7-9-13(12)28-16/h4,11H,1,5-10H2,2-3H3,(H,20,22)(H,21,24). The number of carbonyl (C=O) groups is 2. The molecule has 0 spiro atoms. The van der Waals surface area contributed by atoms with Gasteiger partial charge in [-0.25, -0.2) is 4.79 Å². The molecule has 1 unspecified atom stereocenters. The van der Waals surface area contributed by atoms with Gasteiger partial charge in [-0.15, -0.1) is 28.1 Å². The van der Waals surface area contributed by atoms with Crippen LogP contribution in [-0.2, 0) is 22.4 Å². The Morgan fingerprint density at radius 2 is 2.10 bits per heavy atom. The van der Waals surface area contributed by atoms with Gasteiger partial charge >= 0.3 is 5.97 Å². The summed E-state index contributed by atoms with van der Waals surface area (Å²) in [4.78, 5) is 26.5. The van der Waals surface area contributed by atoms with Gasteiger partial charge in [-0.2, -0.15) is 0 Å². The molecular formula is C19H24N4O3S3. The highest BCUT2D eigenvalue weighted by Crippen LogP contribution is 2.39. The number of nitrogens with one attached hydrogen (secondary N) is 2. The minimum absolute atomic E-state index is 0.171. The highest BCUT2D eigenvalue weighted by Gasteiger charge is 2.28. The Kier molecular flexibility index (Phi) is 7.68. The van der Waals surface area contributed by atoms with E-state index in [9.17, 15) is 9.59 Å². The third-order valence-corrected chi connectivity index (χ3v) is 7.61. The molecule has 0 aromatic carbocycles. The molecular weight excluding hydrogens is 428 g/mol. The summed E-state index contributed by atoms with van der Waals surface area (Å²) in [5.74, 6) is -0.528. The van der Waals surface area contributed by atoms with Crippen molar-refractivity contribution in [2.75, 3.05) is 23.8 Å². The number of nitrogens with zero attached hydrogens (tertiary/aromatic N) is 2. The number of fused-ring (bicyclic) bond motifs is 1. The SMILES string of the molecule is C=CCNc1nnc(SC(C)C(=O)Nc2sc3c(c2C(=O)OCC)CCCC3)s1. The van der Waals surface area contributed by atoms with Crippen molar-refractivity contribution < 1.29 is 14.3 Å². The largest absolute Gasteiger partial charge is 0.462 e. The fourth-order valence-corrected chi connectivity index (χ4v) is 6.16. The Bertz CT molecular complexity index is 893. The molecule has 2 aromatic rings. The molecule has 29 heavy (non-hydrogen) atoms. The zero-order chi connectivity index (χ0) is 20.8. The molecule has 7 nitrogen and oxygen atoms in total. The number of carbonyl (C=O) groups excluding carboxylic acids is 2. The first kappa shape index (κ1) is 21.8. The van der Waals surface area contributed by atoms with Crippen LogP contribution in [-0.4, -0.2) is 40.5 Å². The molecule has 0 fully saturated rings. The highest BCUT2D eigenvalue weighted by molar-refractivity contribution is 8.02. The lowest BCUT2D eigenvalue weighted by Crippen LogP contribution is -2.23. The zero-order valence-electron chi connectivity index (χ0n) is 16.4. The lowest BCUT2D eigenvalue weighted by molar-refractivity contribution is -0.115. The Balaban J connectivity index is 1.70. The first-order valence-electron chi connectivity index (χ1n) is 9.50. The van der Waals surface area contributed by atoms with Crippen LogP contribution in [0.4, 0.5) is 10.1 Å². The molecule has 2 N–H and O–H groups in total. The smallest absolute Gasteiger partial charge is 0.341 e. The Morgan fingerprint density at radius 3 is 2.86 bits per heavy atom. The molecule has 0 saturated carbocycles. The van der Waals surface area contributed by atoms with Gasteiger partial charge in [-0.3, -0.25) is 4.79 Å². The monoisotopic (exact) mass is 452 g/mol. The van der Waals surface area contributed by atoms with Crippen LogP contribution in [0, 0.1) is 0 Å². The van der Waals surface area contributed by atoms with Gasteiger partial charge in [0.1, 0.15) is 5.00 Å². The van der Waals surface area contributed by atoms with E-state index in [-0.39, 0.29) is 17.1 Å². The maximum absolute atomic E-state index is 12.8. The second kappa shape index (κ2) is 10.2. The van der Waals surface area contributed by atoms with Crippen molar-refractivity contribution in [1.82, 2.24) is 10.2 Å². The molecule has 1 amide bonds. The van der Waals surface area contributed by atoms with E-state index in [1.807, 2.05) is 6.92 Å². The van der Waals surface area contributed by atoms with Crippen LogP contribution < -0.4 is 10.6 Å². The number of ether oxygens (including phenoxy) is 1. The summed E-state index contributed by atoms with van der Waals surface area (Å²) in [6.07, 6.45) is 5.69. The van der Waals surface area contributed by atoms with E-state index in [1.54, 1.807) is 13.0 Å². The van der Waals surface area contributed by atoms with Gasteiger partial charge in [0.2, 0.25) is 11.0 Å². The van der Waals surface area contributed by atoms with E-state index in [0.29, 0.717) is 33.2 Å². The molecule has 0 saturated heterocycles. The van der Waals surface area contributed by atoms with Crippen LogP contribution in [0.3, 0.4) is 0 Å². The van der Waals surface area contributed by atoms with Gasteiger partial charge in [0.25, 0.3) is 0 Å². The lowest BCUT2D eigenvalue weighted by Gasteiger charge is -2.13. The summed E-state index contributed by atoms with van der Waals surface area (Å²) in [6.45, 7) is 8.17. The number of hydrogen-bond acceptors (Lipinski definition) is 9. The second-order valence-corrected chi connectivity index (χ2v) is 10.1. The normalized spacial score (nSPS) is 14.0. The van der Waals surface area contributed by atoms with Crippen molar-refractivity contribution in [2.24, 2.45) is 0 Å². The second-order valence-electron chi connectivity index (χ2n) is 6.43. The predicted molar refractivity (Wildman–Crippen MR) is 119 cm³/mol. The zero-order valence-corrected chi connectivity index (χ0v) is 18.9. The quantitative estimate of drug-likeness (QED) is 0.331. The van der Waals surface area contributed by atoms with Crippen molar-refractivity contribution in [3.8, 4) is 0 Å². The van der Waals surface area contributed by atoms with E-state index in [4.69, 9.17) is 4.74 Å². The minimum atomic E-state index is -0.385. The van der Waals surface area contributed by atoms with Gasteiger partial charge in [0.15, 0.2) is 4.34 Å². The molecule has 2 aromatic heterocycles. The maximum atomic E-state index is 12.8. The average molecular weight is 453 g/mol. The number of esters is 1. The summed E-state index contributed by atoms with van der Waals surface area (Å²) >= 11 is 4.23. The first-order chi connectivity index (χ1) is 14.0. The summed E-state index contributed by atoms with van der Waals surface area (Å²) < 4.78 is 5.95. The van der Waals surface area contributed by atoms with Crippen LogP contribution in [0.2, 0.25) is 0 Å². The molecule has 2 heterocycles. The van der Waals surface area contributed by atoms with Crippen molar-refractivity contribution in [3.63, 3.8) is 0 Å². The van der Waals surface area contributed by atoms with Gasteiger partial charge in [0.05, 0.1) is 17.4 Å². The number of aryl methyl sites for hydroxylation is 1. The van der Waals surface area contributed by atoms with Crippen molar-refractivity contribution in [2.45, 2.75) is 49.1 Å². The van der Waals surface area contributed by atoms with Gasteiger partial charge in [0, 0.05) is 11.4 Å². The Labute approximate surface area is 182 Å². The number of hydrogen-bond donors (Lipinski definition) is 2. The Morgan fingerprint density at radius 1 is 1.31 bits per heavy atom. The molecule has 3 rings (SSSR count). The Hall–Kier alpha value is -1.91. The fourth-order valence-electron chi connectivity index (χ4n) is 2.98. The molecule has 0 radical (unpaired) electrons. The van der Waals surface area contributed by atoms with E-state index < -0.39 is 0 Å². The summed E-state index contributed by atoms with van der Waals surface area (Å²) in [5, 5.41) is 15.1. The third-order valence-electron chi connectivity index (χ3n) is 4.34. The van der Waals surface area contributed by atoms with E-state index in [0.717, 1.165) is 31.2 Å². The molecule has 0 bridgehead atoms. The summed E-state index contributed by atoms with van der Waals surface area (Å²) in [6, 6.07) is 0. The molecule has 156 valence electrons. The number of thiophene rings is 1. The summed E-state index contributed by atoms with van der Waals surface area (Å²) in [7, 11) is 0. The summed E-state index contributed by atoms with van der Waals surface area (Å²) in [5.41, 5.74) is 1.57. The maximum Gasteiger partial charge on any atom is 0.341 e. The molecule has 10 heteroatoms. The topological polar surface area (TPSA) is 93.2 Å². The van der Waals surface area contributed by atoms with Crippen LogP contribution in [0.15, 0.2) is 17.0 Å². The number of aromatic nitrogens is 2. The van der Waals surface area contributed by atoms with E-state index >= 15 is 0 Å². The number of thioether (sulfide) groups is 1. The van der Waals surface area contributed by atoms with Crippen molar-refractivity contribution >= 4 is 56.4 Å². The van der Waals surface area contributed by atoms with Gasteiger partial charge < -0.3 is 15.4 Å². The first-order valence-corrected chi connectivity index (χ1v) is 12.0.